The van der Waals surface area contributed by atoms with Crippen molar-refractivity contribution in [3.05, 3.63) is 65.0 Å². The van der Waals surface area contributed by atoms with E-state index >= 15 is 0 Å². The Morgan fingerprint density at radius 3 is 2.46 bits per heavy atom. The molecule has 0 radical (unpaired) electrons. The van der Waals surface area contributed by atoms with Crippen LogP contribution in [0.4, 0.5) is 13.2 Å². The van der Waals surface area contributed by atoms with Gasteiger partial charge in [0.1, 0.15) is 23.6 Å². The van der Waals surface area contributed by atoms with Crippen molar-refractivity contribution < 1.29 is 45.1 Å². The summed E-state index contributed by atoms with van der Waals surface area (Å²) in [5.41, 5.74) is 1.16. The van der Waals surface area contributed by atoms with Crippen LogP contribution in [0.25, 0.3) is 11.1 Å². The molecular weight excluding hydrogens is 703 g/mol. The zero-order chi connectivity index (χ0) is 36.1. The largest absolute Gasteiger partial charge is 0.434 e. The number of rotatable bonds is 14. The summed E-state index contributed by atoms with van der Waals surface area (Å²) in [6.45, 7) is 1.52. The van der Waals surface area contributed by atoms with Gasteiger partial charge in [-0.15, -0.1) is 0 Å². The number of hydrogen-bond acceptors (Lipinski definition) is 9. The number of benzene rings is 2. The number of oxazole rings is 1. The molecule has 2 amide bonds. The Balaban J connectivity index is 1.39. The highest BCUT2D eigenvalue weighted by atomic mass is 35.5. The van der Waals surface area contributed by atoms with Crippen LogP contribution in [0.2, 0.25) is 5.02 Å². The number of halogens is 4. The molecule has 3 heterocycles. The number of para-hydroxylation sites is 2. The van der Waals surface area contributed by atoms with E-state index in [1.165, 1.54) is 12.1 Å². The van der Waals surface area contributed by atoms with E-state index in [0.29, 0.717) is 11.4 Å². The zero-order valence-electron chi connectivity index (χ0n) is 27.2. The van der Waals surface area contributed by atoms with Gasteiger partial charge < -0.3 is 24.7 Å². The molecule has 0 bridgehead atoms. The molecule has 2 aliphatic rings. The zero-order valence-corrected chi connectivity index (χ0v) is 28.8. The number of ether oxygens (including phenoxy) is 1. The number of fused-ring (bicyclic) bond motifs is 1. The van der Waals surface area contributed by atoms with E-state index < -0.39 is 70.3 Å². The summed E-state index contributed by atoms with van der Waals surface area (Å²) in [5.74, 6) is -3.32. The van der Waals surface area contributed by atoms with Crippen LogP contribution >= 0.6 is 11.6 Å². The Labute approximate surface area is 292 Å². The molecule has 272 valence electrons. The third-order valence-electron chi connectivity index (χ3n) is 8.80. The number of carbonyl (C=O) groups is 3. The van der Waals surface area contributed by atoms with Gasteiger partial charge in [-0.05, 0) is 74.5 Å². The van der Waals surface area contributed by atoms with Crippen LogP contribution in [-0.4, -0.2) is 92.2 Å². The molecule has 0 spiro atoms. The summed E-state index contributed by atoms with van der Waals surface area (Å²) in [6.07, 6.45) is -4.16. The number of nitrogens with zero attached hydrogens (tertiary/aromatic N) is 2. The molecule has 2 aliphatic heterocycles. The number of Topliss-reactive ketones (excluding diaryl/α,β-unsaturated/α-hetero) is 1. The lowest BCUT2D eigenvalue weighted by Gasteiger charge is -2.30. The molecule has 3 aromatic rings. The lowest BCUT2D eigenvalue weighted by atomic mass is 9.91. The predicted octanol–water partition coefficient (Wildman–Crippen LogP) is 3.99. The maximum absolute atomic E-state index is 14.1. The van der Waals surface area contributed by atoms with Crippen molar-refractivity contribution in [1.82, 2.24) is 25.2 Å². The van der Waals surface area contributed by atoms with E-state index in [-0.39, 0.29) is 43.0 Å². The normalized spacial score (nSPS) is 20.1. The Morgan fingerprint density at radius 2 is 1.80 bits per heavy atom. The number of aromatic nitrogens is 1. The van der Waals surface area contributed by atoms with Crippen LogP contribution in [0.1, 0.15) is 54.8 Å². The third kappa shape index (κ3) is 10.5. The second-order valence-corrected chi connectivity index (χ2v) is 15.0. The van der Waals surface area contributed by atoms with Crippen molar-refractivity contribution in [3.63, 3.8) is 0 Å². The lowest BCUT2D eigenvalue weighted by molar-refractivity contribution is -0.144. The first-order valence-electron chi connectivity index (χ1n) is 16.3. The second-order valence-electron chi connectivity index (χ2n) is 12.7. The van der Waals surface area contributed by atoms with Crippen LogP contribution in [0, 0.1) is 5.92 Å². The molecule has 5 rings (SSSR count). The molecule has 17 heteroatoms. The van der Waals surface area contributed by atoms with Gasteiger partial charge >= 0.3 is 6.18 Å². The molecule has 3 N–H and O–H groups in total. The highest BCUT2D eigenvalue weighted by molar-refractivity contribution is 7.88. The summed E-state index contributed by atoms with van der Waals surface area (Å²) in [5, 5.41) is 5.96. The molecule has 0 aliphatic carbocycles. The average Bonchev–Trinajstić information content (AvgIpc) is 3.70. The fourth-order valence-electron chi connectivity index (χ4n) is 6.30. The lowest BCUT2D eigenvalue weighted by Crippen LogP contribution is -2.55. The third-order valence-corrected chi connectivity index (χ3v) is 9.76. The summed E-state index contributed by atoms with van der Waals surface area (Å²) >= 11 is 5.98. The maximum atomic E-state index is 14.1. The predicted molar refractivity (Wildman–Crippen MR) is 178 cm³/mol. The van der Waals surface area contributed by atoms with Gasteiger partial charge in [-0.2, -0.15) is 13.2 Å². The number of piperidine rings is 1. The molecule has 1 unspecified atom stereocenters. The number of sulfonamides is 1. The fraction of sp³-hybridized carbons (Fsp3) is 0.515. The van der Waals surface area contributed by atoms with Crippen molar-refractivity contribution in [3.8, 4) is 0 Å². The van der Waals surface area contributed by atoms with Crippen LogP contribution in [0.15, 0.2) is 52.9 Å². The van der Waals surface area contributed by atoms with Crippen molar-refractivity contribution in [2.45, 2.75) is 75.5 Å². The Bertz CT molecular complexity index is 1730. The van der Waals surface area contributed by atoms with Gasteiger partial charge in [0.15, 0.2) is 5.58 Å². The van der Waals surface area contributed by atoms with Crippen LogP contribution < -0.4 is 15.4 Å². The van der Waals surface area contributed by atoms with Crippen LogP contribution in [0.5, 0.6) is 0 Å². The highest BCUT2D eigenvalue weighted by Gasteiger charge is 2.45. The minimum Gasteiger partial charge on any atom is -0.434 e. The Kier molecular flexibility index (Phi) is 12.2. The van der Waals surface area contributed by atoms with E-state index in [0.717, 1.165) is 42.7 Å². The Hall–Kier alpha value is -3.57. The van der Waals surface area contributed by atoms with Gasteiger partial charge in [-0.3, -0.25) is 14.4 Å². The maximum Gasteiger partial charge on any atom is 0.391 e. The molecular formula is C33H39ClF3N5O7S. The van der Waals surface area contributed by atoms with E-state index in [1.54, 1.807) is 36.4 Å². The number of hydrogen-bond donors (Lipinski definition) is 3. The van der Waals surface area contributed by atoms with Crippen molar-refractivity contribution >= 4 is 50.3 Å². The van der Waals surface area contributed by atoms with Gasteiger partial charge in [-0.25, -0.2) is 18.1 Å². The summed E-state index contributed by atoms with van der Waals surface area (Å²) < 4.78 is 79.8. The van der Waals surface area contributed by atoms with Gasteiger partial charge in [-0.1, -0.05) is 35.9 Å². The summed E-state index contributed by atoms with van der Waals surface area (Å²) in [7, 11) is -3.88. The van der Waals surface area contributed by atoms with Crippen molar-refractivity contribution in [2.75, 3.05) is 25.9 Å². The first-order chi connectivity index (χ1) is 23.6. The molecule has 1 aromatic heterocycles. The summed E-state index contributed by atoms with van der Waals surface area (Å²) in [6, 6.07) is 8.29. The number of nitrogens with one attached hydrogen (secondary N) is 3. The van der Waals surface area contributed by atoms with Crippen molar-refractivity contribution in [1.29, 1.82) is 0 Å². The Morgan fingerprint density at radius 1 is 1.10 bits per heavy atom. The van der Waals surface area contributed by atoms with E-state index in [2.05, 4.69) is 20.3 Å². The van der Waals surface area contributed by atoms with Crippen LogP contribution in [-0.2, 0) is 31.0 Å². The van der Waals surface area contributed by atoms with Crippen molar-refractivity contribution in [2.24, 2.45) is 5.92 Å². The molecule has 4 atom stereocenters. The fourth-order valence-corrected chi connectivity index (χ4v) is 7.17. The molecule has 0 saturated carbocycles. The standard InChI is InChI=1S/C33H39ClF3N5O7S/c1-50(46,47)41-25(11-8-20-12-14-38-15-13-20)32(45)42-18-23(48-19-21-6-9-22(34)10-7-21)16-27(42)30(44)39-26(17-33(35,36)37)29(43)31-40-24-4-2-3-5-28(24)49-31/h2-7,9-10,20,23,25-27,38,41H,8,11-19H2,1H3,(H,39,44)/t23-,25-,26+,27?/m1/s1. The minimum atomic E-state index is -4.87. The van der Waals surface area contributed by atoms with E-state index in [1.807, 2.05) is 0 Å². The van der Waals surface area contributed by atoms with Gasteiger partial charge in [0.25, 0.3) is 5.89 Å². The van der Waals surface area contributed by atoms with Crippen LogP contribution in [0.3, 0.4) is 0 Å². The quantitative estimate of drug-likeness (QED) is 0.208. The average molecular weight is 742 g/mol. The number of alkyl halides is 3. The molecule has 2 fully saturated rings. The van der Waals surface area contributed by atoms with Gasteiger partial charge in [0.05, 0.1) is 25.4 Å². The minimum absolute atomic E-state index is 0.0752. The first-order valence-corrected chi connectivity index (χ1v) is 18.5. The topological polar surface area (TPSA) is 160 Å². The molecule has 50 heavy (non-hydrogen) atoms. The number of ketones is 1. The monoisotopic (exact) mass is 741 g/mol. The second kappa shape index (κ2) is 16.2. The molecule has 12 nitrogen and oxygen atoms in total. The van der Waals surface area contributed by atoms with E-state index in [4.69, 9.17) is 20.8 Å². The number of likely N-dealkylation sites (tertiary alicyclic amines) is 1. The summed E-state index contributed by atoms with van der Waals surface area (Å²) in [4.78, 5) is 46.4. The molecule has 2 saturated heterocycles. The molecule has 2 aromatic carbocycles. The SMILES string of the molecule is CS(=O)(=O)N[C@H](CCC1CCNCC1)C(=O)N1C[C@H](OCc2ccc(Cl)cc2)CC1C(=O)N[C@@H](CC(F)(F)F)C(=O)c1nc2ccccc2o1. The number of carbonyl (C=O) groups excluding carboxylic acids is 3. The highest BCUT2D eigenvalue weighted by Crippen LogP contribution is 2.28. The number of amides is 2. The van der Waals surface area contributed by atoms with E-state index in [9.17, 15) is 36.0 Å². The van der Waals surface area contributed by atoms with Gasteiger partial charge in [0.2, 0.25) is 27.6 Å². The van der Waals surface area contributed by atoms with Gasteiger partial charge in [0, 0.05) is 18.0 Å². The first kappa shape index (κ1) is 37.7. The smallest absolute Gasteiger partial charge is 0.391 e.